The van der Waals surface area contributed by atoms with Crippen molar-refractivity contribution in [3.05, 3.63) is 11.5 Å². The van der Waals surface area contributed by atoms with Crippen LogP contribution in [0.15, 0.2) is 11.5 Å². The molecule has 2 heterocycles. The lowest BCUT2D eigenvalue weighted by molar-refractivity contribution is -0.303. The van der Waals surface area contributed by atoms with Gasteiger partial charge in [0.1, 0.15) is 30.2 Å². The van der Waals surface area contributed by atoms with Crippen LogP contribution in [0, 0.1) is 0 Å². The third-order valence-corrected chi connectivity index (χ3v) is 3.41. The molecule has 7 atom stereocenters. The van der Waals surface area contributed by atoms with Crippen molar-refractivity contribution in [2.45, 2.75) is 42.9 Å². The number of hydrogen-bond acceptors (Lipinski definition) is 12. The molecule has 1 unspecified atom stereocenters. The molecule has 24 heavy (non-hydrogen) atoms. The first kappa shape index (κ1) is 20.5. The highest BCUT2D eigenvalue weighted by Crippen LogP contribution is 2.19. The van der Waals surface area contributed by atoms with Gasteiger partial charge in [-0.15, -0.1) is 0 Å². The molecule has 0 saturated carbocycles. The molecule has 12 nitrogen and oxygen atoms in total. The van der Waals surface area contributed by atoms with Crippen LogP contribution >= 0.6 is 0 Å². The monoisotopic (exact) mass is 354 g/mol. The van der Waals surface area contributed by atoms with E-state index in [1.807, 2.05) is 0 Å². The molecule has 0 radical (unpaired) electrons. The molecule has 0 bridgehead atoms. The lowest BCUT2D eigenvalue weighted by Gasteiger charge is -2.38. The second-order valence-electron chi connectivity index (χ2n) is 5.10. The lowest BCUT2D eigenvalue weighted by atomic mass is 9.98. The Labute approximate surface area is 135 Å². The van der Waals surface area contributed by atoms with Crippen molar-refractivity contribution in [2.24, 2.45) is 5.73 Å². The van der Waals surface area contributed by atoms with Crippen LogP contribution in [0.5, 0.6) is 0 Å². The maximum Gasteiger partial charge on any atom is 0.327 e. The zero-order valence-electron chi connectivity index (χ0n) is 12.3. The molecule has 0 aromatic carbocycles. The molecule has 12 heteroatoms. The van der Waals surface area contributed by atoms with E-state index in [0.29, 0.717) is 0 Å². The van der Waals surface area contributed by atoms with Crippen molar-refractivity contribution in [1.29, 1.82) is 0 Å². The number of hydrogen-bond donors (Lipinski definition) is 8. The molecule has 2 aliphatic heterocycles. The van der Waals surface area contributed by atoms with Crippen molar-refractivity contribution in [1.82, 2.24) is 0 Å². The van der Waals surface area contributed by atoms with Gasteiger partial charge in [0.15, 0.2) is 12.4 Å². The van der Waals surface area contributed by atoms with E-state index in [1.54, 1.807) is 0 Å². The van der Waals surface area contributed by atoms with Crippen LogP contribution in [0.25, 0.3) is 0 Å². The van der Waals surface area contributed by atoms with Gasteiger partial charge in [0.2, 0.25) is 0 Å². The molecule has 0 spiro atoms. The zero-order valence-corrected chi connectivity index (χ0v) is 12.3. The SMILES string of the molecule is N[C@H]1C(O)O[C@H](CO)[C@@H](O)[C@@H]1O.O=C1O[C@H]([C@@H](O)CO)C(O)=C1[O-]. The Bertz CT molecular complexity index is 465. The summed E-state index contributed by atoms with van der Waals surface area (Å²) in [4.78, 5) is 10.5. The lowest BCUT2D eigenvalue weighted by Crippen LogP contribution is -2.61. The summed E-state index contributed by atoms with van der Waals surface area (Å²) >= 11 is 0. The van der Waals surface area contributed by atoms with Crippen molar-refractivity contribution in [3.8, 4) is 0 Å². The molecule has 0 aliphatic carbocycles. The predicted molar refractivity (Wildman–Crippen MR) is 70.6 cm³/mol. The number of carbonyl (C=O) groups is 1. The first-order valence-electron chi connectivity index (χ1n) is 6.81. The normalized spacial score (nSPS) is 37.5. The van der Waals surface area contributed by atoms with Crippen LogP contribution < -0.4 is 10.8 Å². The number of aliphatic hydroxyl groups excluding tert-OH is 7. The molecular weight excluding hydrogens is 334 g/mol. The number of nitrogens with two attached hydrogens (primary N) is 1. The van der Waals surface area contributed by atoms with E-state index in [9.17, 15) is 20.1 Å². The van der Waals surface area contributed by atoms with Gasteiger partial charge in [0.05, 0.1) is 19.3 Å². The Balaban J connectivity index is 0.000000240. The first-order valence-corrected chi connectivity index (χ1v) is 6.81. The van der Waals surface area contributed by atoms with Crippen molar-refractivity contribution < 1.29 is 55.1 Å². The molecule has 0 amide bonds. The Hall–Kier alpha value is -1.51. The Morgan fingerprint density at radius 3 is 2.21 bits per heavy atom. The van der Waals surface area contributed by atoms with Gasteiger partial charge < -0.3 is 56.1 Å². The Morgan fingerprint density at radius 2 is 1.79 bits per heavy atom. The van der Waals surface area contributed by atoms with Crippen LogP contribution in [0.4, 0.5) is 0 Å². The molecule has 2 rings (SSSR count). The van der Waals surface area contributed by atoms with E-state index >= 15 is 0 Å². The van der Waals surface area contributed by atoms with E-state index in [0.717, 1.165) is 0 Å². The van der Waals surface area contributed by atoms with Crippen molar-refractivity contribution in [2.75, 3.05) is 13.2 Å². The van der Waals surface area contributed by atoms with E-state index in [4.69, 9.17) is 36.0 Å². The third kappa shape index (κ3) is 4.31. The van der Waals surface area contributed by atoms with Crippen LogP contribution in [-0.2, 0) is 14.3 Å². The topological polar surface area (TPSA) is 226 Å². The fraction of sp³-hybridized carbons (Fsp3) is 0.750. The van der Waals surface area contributed by atoms with Crippen molar-refractivity contribution >= 4 is 5.97 Å². The standard InChI is InChI=1S/C6H13NO5.C6H8O6/c7-3-5(10)4(9)2(1-8)12-6(3)11;7-1-2(8)5-3(9)4(10)6(11)12-5/h2-6,8-11H,1,7H2;2,5,7-10H,1H2/p-1/t2-,3-,4-,5-,6?;2-,5+/m10/s1. The second kappa shape index (κ2) is 8.55. The van der Waals surface area contributed by atoms with Gasteiger partial charge in [0.25, 0.3) is 0 Å². The van der Waals surface area contributed by atoms with Crippen LogP contribution in [0.2, 0.25) is 0 Å². The summed E-state index contributed by atoms with van der Waals surface area (Å²) in [5, 5.41) is 72.8. The number of cyclic esters (lactones) is 1. The van der Waals surface area contributed by atoms with Gasteiger partial charge in [-0.25, -0.2) is 4.79 Å². The highest BCUT2D eigenvalue weighted by Gasteiger charge is 2.41. The summed E-state index contributed by atoms with van der Waals surface area (Å²) in [6.45, 7) is -1.17. The fourth-order valence-electron chi connectivity index (χ4n) is 1.93. The molecule has 1 saturated heterocycles. The minimum Gasteiger partial charge on any atom is -0.865 e. The zero-order chi connectivity index (χ0) is 18.6. The number of rotatable bonds is 3. The Morgan fingerprint density at radius 1 is 1.21 bits per heavy atom. The molecule has 0 aromatic rings. The predicted octanol–water partition coefficient (Wildman–Crippen LogP) is -5.86. The van der Waals surface area contributed by atoms with Crippen LogP contribution in [-0.4, -0.2) is 97.8 Å². The number of esters is 1. The van der Waals surface area contributed by atoms with Crippen LogP contribution in [0.3, 0.4) is 0 Å². The first-order chi connectivity index (χ1) is 11.1. The summed E-state index contributed by atoms with van der Waals surface area (Å²) in [6, 6.07) is -1.04. The van der Waals surface area contributed by atoms with Gasteiger partial charge >= 0.3 is 5.97 Å². The highest BCUT2D eigenvalue weighted by atomic mass is 16.6. The van der Waals surface area contributed by atoms with E-state index in [-0.39, 0.29) is 0 Å². The maximum atomic E-state index is 10.6. The fourth-order valence-corrected chi connectivity index (χ4v) is 1.93. The molecule has 1 fully saturated rings. The summed E-state index contributed by atoms with van der Waals surface area (Å²) < 4.78 is 8.95. The number of ether oxygens (including phenoxy) is 2. The average Bonchev–Trinajstić information content (AvgIpc) is 2.83. The summed E-state index contributed by atoms with van der Waals surface area (Å²) in [5.41, 5.74) is 5.26. The third-order valence-electron chi connectivity index (χ3n) is 3.41. The molecular formula is C12H20NO11-. The molecule has 0 aromatic heterocycles. The molecule has 9 N–H and O–H groups in total. The second-order valence-corrected chi connectivity index (χ2v) is 5.10. The Kier molecular flexibility index (Phi) is 7.31. The maximum absolute atomic E-state index is 10.6. The minimum absolute atomic E-state index is 0.470. The van der Waals surface area contributed by atoms with Crippen LogP contribution in [0.1, 0.15) is 0 Å². The average molecular weight is 354 g/mol. The van der Waals surface area contributed by atoms with E-state index < -0.39 is 73.6 Å². The van der Waals surface area contributed by atoms with Gasteiger partial charge in [-0.2, -0.15) is 0 Å². The van der Waals surface area contributed by atoms with Gasteiger partial charge in [-0.1, -0.05) is 0 Å². The van der Waals surface area contributed by atoms with E-state index in [1.165, 1.54) is 0 Å². The van der Waals surface area contributed by atoms with Crippen molar-refractivity contribution in [3.63, 3.8) is 0 Å². The smallest absolute Gasteiger partial charge is 0.327 e. The molecule has 2 aliphatic rings. The van der Waals surface area contributed by atoms with Gasteiger partial charge in [-0.05, 0) is 0 Å². The number of aliphatic hydroxyl groups is 7. The summed E-state index contributed by atoms with van der Waals surface area (Å²) in [7, 11) is 0. The summed E-state index contributed by atoms with van der Waals surface area (Å²) in [6.07, 6.45) is -7.73. The quantitative estimate of drug-likeness (QED) is 0.222. The molecule has 140 valence electrons. The highest BCUT2D eigenvalue weighted by molar-refractivity contribution is 5.88. The number of carbonyl (C=O) groups excluding carboxylic acids is 1. The largest absolute Gasteiger partial charge is 0.865 e. The minimum atomic E-state index is -1.46. The van der Waals surface area contributed by atoms with E-state index in [2.05, 4.69) is 4.74 Å². The summed E-state index contributed by atoms with van der Waals surface area (Å²) in [5.74, 6) is -3.25. The van der Waals surface area contributed by atoms with Gasteiger partial charge in [-0.3, -0.25) is 0 Å². The van der Waals surface area contributed by atoms with Gasteiger partial charge in [0, 0.05) is 5.76 Å².